The third kappa shape index (κ3) is 7.64. The zero-order chi connectivity index (χ0) is 71.0. The van der Waals surface area contributed by atoms with Gasteiger partial charge in [0.2, 0.25) is 28.9 Å². The molecule has 1 amide bonds. The van der Waals surface area contributed by atoms with Crippen molar-refractivity contribution >= 4 is 69.6 Å². The van der Waals surface area contributed by atoms with Crippen LogP contribution in [0.4, 0.5) is 0 Å². The number of nitrogens with one attached hydrogen (secondary N) is 1. The van der Waals surface area contributed by atoms with E-state index in [-0.39, 0.29) is 123 Å². The van der Waals surface area contributed by atoms with Gasteiger partial charge in [0.1, 0.15) is 36.6 Å². The van der Waals surface area contributed by atoms with Crippen LogP contribution in [0, 0.1) is 11.3 Å². The molecule has 3 aliphatic heterocycles. The molecule has 0 radical (unpaired) electrons. The number of aliphatic hydroxyl groups is 4. The SMILES string of the molecule is C[C@@]12CCC(=O)c3coc(c31)C(=O)c1cc3c(cc12)C(=O)C1=NCCNN1C3=O.C[C@@]12c3ccc4c(c3C(=O)c3occ(c31)C(=O)C[C@H]2O)CCC4=O.C[C@@]12c3ccc4c(c3C(=O)c3occ(c31)[C@@H](O)C[C@H]2O)CCC4=O.C[C@]12CCC3=C(C(=O)c4occ5c4[C@]3(C)[C@H]3O[C@H]3[C@@H]5O)[C@@H]1CCC2=O. The second kappa shape index (κ2) is 20.7. The highest BCUT2D eigenvalue weighted by atomic mass is 16.6. The molecule has 5 N–H and O–H groups in total. The molecule has 3 aromatic carbocycles. The number of hydrogen-bond acceptors (Lipinski definition) is 22. The highest BCUT2D eigenvalue weighted by Crippen LogP contribution is 2.66. The van der Waals surface area contributed by atoms with Gasteiger partial charge in [0.25, 0.3) is 5.91 Å². The van der Waals surface area contributed by atoms with Crippen LogP contribution < -0.4 is 5.43 Å². The second-order valence-electron chi connectivity index (χ2n) is 30.8. The zero-order valence-electron chi connectivity index (χ0n) is 55.9. The first-order valence-corrected chi connectivity index (χ1v) is 34.8. The summed E-state index contributed by atoms with van der Waals surface area (Å²) in [6.45, 7) is 10.7. The minimum absolute atomic E-state index is 0.00782. The van der Waals surface area contributed by atoms with Gasteiger partial charge in [-0.05, 0) is 105 Å². The molecule has 7 heterocycles. The molecule has 23 heteroatoms. The number of ketones is 10. The number of fused-ring (bicyclic) bond motifs is 17. The van der Waals surface area contributed by atoms with Gasteiger partial charge < -0.3 is 42.8 Å². The van der Waals surface area contributed by atoms with E-state index in [1.54, 1.807) is 30.3 Å². The van der Waals surface area contributed by atoms with Crippen LogP contribution in [0.15, 0.2) is 95.3 Å². The van der Waals surface area contributed by atoms with Crippen molar-refractivity contribution < 1.29 is 95.6 Å². The van der Waals surface area contributed by atoms with Gasteiger partial charge in [-0.25, -0.2) is 10.4 Å². The number of Topliss-reactive ketones (excluding diaryl/α,β-unsaturated/α-hetero) is 7. The lowest BCUT2D eigenvalue weighted by atomic mass is 9.54. The van der Waals surface area contributed by atoms with Gasteiger partial charge in [-0.3, -0.25) is 57.7 Å². The Hall–Kier alpha value is -9.88. The van der Waals surface area contributed by atoms with Crippen molar-refractivity contribution in [1.29, 1.82) is 0 Å². The van der Waals surface area contributed by atoms with Crippen LogP contribution in [-0.2, 0) is 44.0 Å². The van der Waals surface area contributed by atoms with E-state index >= 15 is 0 Å². The maximum absolute atomic E-state index is 13.3. The number of carbonyl (C=O) groups excluding carboxylic acids is 11. The fourth-order valence-electron chi connectivity index (χ4n) is 20.5. The average molecular weight is 1380 g/mol. The predicted molar refractivity (Wildman–Crippen MR) is 351 cm³/mol. The Balaban J connectivity index is 0.0000000944. The number of rotatable bonds is 0. The number of carbonyl (C=O) groups is 11. The molecule has 1 saturated carbocycles. The Kier molecular flexibility index (Phi) is 12.8. The first-order valence-electron chi connectivity index (χ1n) is 34.8. The monoisotopic (exact) mass is 1380 g/mol. The molecule has 15 aliphatic rings. The van der Waals surface area contributed by atoms with Gasteiger partial charge in [-0.15, -0.1) is 0 Å². The van der Waals surface area contributed by atoms with Crippen molar-refractivity contribution in [1.82, 2.24) is 10.4 Å². The Morgan fingerprint density at radius 3 is 1.78 bits per heavy atom. The van der Waals surface area contributed by atoms with Gasteiger partial charge in [-0.2, -0.15) is 0 Å². The third-order valence-corrected chi connectivity index (χ3v) is 26.1. The standard InChI is InChI=1S/C21H15N3O5.C20H20O5.C19H16O5.C19H14O5/c1-21-3-2-14(25)12-8-29-18(15(12)21)16(26)11-6-10-9(7-13(11)21)17(27)19-22-4-5-23-24(19)20(10)28;1-19-6-5-10-12(9(19)3-4-11(19)21)15(23)16-13-8(7-24-16)14(22)17-18(25-17)20(10,13)2;2*1-19-11-4-2-8-9(3-5-12(8)20)15(11)17(23)18-16(19)10(7-24-18)13(21)6-14(19)22/h6-8,23H,2-5H2,1H3;7,9,14,17-18,22H,3-6H2,1-2H3;2,4,7,13-14,21-22H,3,5-6H2,1H3;2,4,7,14,22H,3,5-6H2,1H3/t21-;9-,14+,17-,18-,19-,20+;13-,14+,19-;14-,19+/m0001/s1. The fraction of sp³-hybridized carbons (Fsp3) is 0.392. The molecular weight excluding hydrogens is 1310 g/mol. The molecular formula is C79H65N3O20. The molecule has 1 saturated heterocycles. The Morgan fingerprint density at radius 2 is 1.11 bits per heavy atom. The quantitative estimate of drug-likeness (QED) is 0.0887. The first kappa shape index (κ1) is 63.1. The van der Waals surface area contributed by atoms with E-state index in [9.17, 15) is 73.2 Å². The first-order chi connectivity index (χ1) is 48.7. The van der Waals surface area contributed by atoms with E-state index in [1.807, 2.05) is 27.7 Å². The molecule has 0 unspecified atom stereocenters. The number of aliphatic hydroxyl groups excluding tert-OH is 4. The summed E-state index contributed by atoms with van der Waals surface area (Å²) in [5, 5.41) is 43.4. The van der Waals surface area contributed by atoms with E-state index in [1.165, 1.54) is 31.1 Å². The molecule has 102 heavy (non-hydrogen) atoms. The zero-order valence-corrected chi connectivity index (χ0v) is 55.9. The number of aliphatic imine (C=N–C) groups is 1. The minimum Gasteiger partial charge on any atom is -0.460 e. The summed E-state index contributed by atoms with van der Waals surface area (Å²) >= 11 is 0. The van der Waals surface area contributed by atoms with Crippen molar-refractivity contribution in [3.63, 3.8) is 0 Å². The number of amidine groups is 1. The van der Waals surface area contributed by atoms with Crippen molar-refractivity contribution in [2.75, 3.05) is 13.1 Å². The summed E-state index contributed by atoms with van der Waals surface area (Å²) in [7, 11) is 0. The van der Waals surface area contributed by atoms with Crippen LogP contribution in [0.2, 0.25) is 0 Å². The molecule has 0 bridgehead atoms. The number of amides is 1. The minimum atomic E-state index is -0.934. The van der Waals surface area contributed by atoms with E-state index in [0.717, 1.165) is 57.7 Å². The summed E-state index contributed by atoms with van der Waals surface area (Å²) in [6.07, 6.45) is 7.68. The van der Waals surface area contributed by atoms with Gasteiger partial charge in [0, 0.05) is 150 Å². The second-order valence-corrected chi connectivity index (χ2v) is 30.8. The van der Waals surface area contributed by atoms with E-state index in [2.05, 4.69) is 17.3 Å². The van der Waals surface area contributed by atoms with Gasteiger partial charge in [0.05, 0.1) is 54.1 Å². The molecule has 7 aromatic rings. The summed E-state index contributed by atoms with van der Waals surface area (Å²) in [4.78, 5) is 144. The number of hydrazine groups is 1. The predicted octanol–water partition coefficient (Wildman–Crippen LogP) is 8.55. The average Bonchev–Trinajstić information content (AvgIpc) is 1.48. The summed E-state index contributed by atoms with van der Waals surface area (Å²) in [5.74, 6) is -0.776. The fourth-order valence-corrected chi connectivity index (χ4v) is 20.5. The molecule has 4 aromatic heterocycles. The van der Waals surface area contributed by atoms with E-state index < -0.39 is 57.4 Å². The van der Waals surface area contributed by atoms with Crippen LogP contribution >= 0.6 is 0 Å². The number of allylic oxidation sites excluding steroid dienone is 1. The van der Waals surface area contributed by atoms with Crippen LogP contribution in [0.25, 0.3) is 0 Å². The van der Waals surface area contributed by atoms with Crippen LogP contribution in [0.5, 0.6) is 0 Å². The van der Waals surface area contributed by atoms with E-state index in [4.69, 9.17) is 22.4 Å². The van der Waals surface area contributed by atoms with Crippen LogP contribution in [0.3, 0.4) is 0 Å². The van der Waals surface area contributed by atoms with E-state index in [0.29, 0.717) is 142 Å². The maximum atomic E-state index is 13.3. The number of ether oxygens (including phenoxy) is 1. The number of nitrogens with zero attached hydrogens (tertiary/aromatic N) is 2. The summed E-state index contributed by atoms with van der Waals surface area (Å²) < 4.78 is 28.0. The Labute approximate surface area is 579 Å². The van der Waals surface area contributed by atoms with Gasteiger partial charge in [-0.1, -0.05) is 38.1 Å². The molecule has 12 atom stereocenters. The molecule has 0 spiro atoms. The van der Waals surface area contributed by atoms with Crippen LogP contribution in [-0.4, -0.2) is 133 Å². The van der Waals surface area contributed by atoms with Gasteiger partial charge >= 0.3 is 0 Å². The smallest absolute Gasteiger partial charge is 0.274 e. The summed E-state index contributed by atoms with van der Waals surface area (Å²) in [5.41, 5.74) is 12.8. The lowest BCUT2D eigenvalue weighted by Gasteiger charge is -2.46. The third-order valence-electron chi connectivity index (χ3n) is 26.1. The Morgan fingerprint density at radius 1 is 0.520 bits per heavy atom. The molecule has 12 aliphatic carbocycles. The largest absolute Gasteiger partial charge is 0.460 e. The molecule has 22 rings (SSSR count). The normalized spacial score (nSPS) is 31.9. The lowest BCUT2D eigenvalue weighted by molar-refractivity contribution is -0.126. The van der Waals surface area contributed by atoms with Crippen molar-refractivity contribution in [3.05, 3.63) is 207 Å². The number of epoxide rings is 1. The maximum Gasteiger partial charge on any atom is 0.274 e. The van der Waals surface area contributed by atoms with Crippen LogP contribution in [0.1, 0.15) is 293 Å². The number of furan rings is 4. The number of hydrogen-bond donors (Lipinski definition) is 5. The molecule has 23 nitrogen and oxygen atoms in total. The molecule has 2 fully saturated rings. The van der Waals surface area contributed by atoms with Gasteiger partial charge in [0.15, 0.2) is 52.0 Å². The van der Waals surface area contributed by atoms with Crippen molar-refractivity contribution in [2.24, 2.45) is 16.3 Å². The van der Waals surface area contributed by atoms with Crippen molar-refractivity contribution in [3.8, 4) is 0 Å². The van der Waals surface area contributed by atoms with Crippen molar-refractivity contribution in [2.45, 2.75) is 170 Å². The number of benzene rings is 3. The topological polar surface area (TPSA) is 361 Å². The highest BCUT2D eigenvalue weighted by molar-refractivity contribution is 6.51. The highest BCUT2D eigenvalue weighted by Gasteiger charge is 2.68. The lowest BCUT2D eigenvalue weighted by Crippen LogP contribution is -2.56. The molecule has 516 valence electrons. The summed E-state index contributed by atoms with van der Waals surface area (Å²) in [6, 6.07) is 10.2. The Bertz CT molecular complexity index is 5370.